The average Bonchev–Trinajstić information content (AvgIpc) is 4.07. The van der Waals surface area contributed by atoms with Crippen LogP contribution in [0.5, 0.6) is 0 Å². The second-order valence-corrected chi connectivity index (χ2v) is 19.8. The standard InChI is InChI=1S/C64H43NS/c1-63(2)54-26-10-6-20-47(54)49-35-34-45(39-58(49)63)65(43-32-30-41(31-33-43)40-16-4-3-5-17-40)44-19-14-18-42(38-44)46-24-15-25-51-48-21-7-11-27-55(48)64(61(46)51)56-28-12-8-23-53(56)60-57(64)37-36-52-50-22-9-13-29-59(50)66-62(52)60/h3-39H,1-2H3. The van der Waals surface area contributed by atoms with Gasteiger partial charge in [-0.2, -0.15) is 0 Å². The van der Waals surface area contributed by atoms with Gasteiger partial charge in [-0.25, -0.2) is 0 Å². The Bertz CT molecular complexity index is 3800. The molecule has 1 spiro atoms. The van der Waals surface area contributed by atoms with Gasteiger partial charge in [0.05, 0.1) is 5.41 Å². The molecule has 1 atom stereocenters. The molecule has 1 nitrogen and oxygen atoms in total. The molecule has 1 aromatic heterocycles. The topological polar surface area (TPSA) is 3.24 Å². The SMILES string of the molecule is CC1(C)c2ccccc2-c2ccc(N(c3ccc(-c4ccccc4)cc3)c3cccc(-c4cccc5c4C4(c6ccccc6-5)c5ccccc5-c5c4ccc4c5sc5ccccc54)c3)cc21. The highest BCUT2D eigenvalue weighted by molar-refractivity contribution is 7.26. The summed E-state index contributed by atoms with van der Waals surface area (Å²) in [5.74, 6) is 0. The Hall–Kier alpha value is -7.78. The van der Waals surface area contributed by atoms with E-state index in [9.17, 15) is 0 Å². The monoisotopic (exact) mass is 857 g/mol. The van der Waals surface area contributed by atoms with Gasteiger partial charge in [0.15, 0.2) is 0 Å². The third kappa shape index (κ3) is 5.05. The summed E-state index contributed by atoms with van der Waals surface area (Å²) in [5, 5.41) is 2.67. The van der Waals surface area contributed by atoms with Crippen molar-refractivity contribution in [3.8, 4) is 55.6 Å². The minimum Gasteiger partial charge on any atom is -0.310 e. The van der Waals surface area contributed by atoms with Crippen molar-refractivity contribution in [2.75, 3.05) is 4.90 Å². The normalized spacial score (nSPS) is 15.6. The first kappa shape index (κ1) is 37.6. The maximum absolute atomic E-state index is 2.46. The van der Waals surface area contributed by atoms with Gasteiger partial charge in [0.25, 0.3) is 0 Å². The molecule has 0 fully saturated rings. The first-order valence-corrected chi connectivity index (χ1v) is 23.9. The number of rotatable bonds is 5. The summed E-state index contributed by atoms with van der Waals surface area (Å²) >= 11 is 1.93. The second kappa shape index (κ2) is 13.9. The molecule has 0 saturated heterocycles. The highest BCUT2D eigenvalue weighted by atomic mass is 32.1. The predicted octanol–water partition coefficient (Wildman–Crippen LogP) is 17.5. The van der Waals surface area contributed by atoms with Crippen molar-refractivity contribution in [1.29, 1.82) is 0 Å². The van der Waals surface area contributed by atoms with Crippen LogP contribution < -0.4 is 4.90 Å². The van der Waals surface area contributed by atoms with E-state index in [2.05, 4.69) is 243 Å². The average molecular weight is 858 g/mol. The van der Waals surface area contributed by atoms with E-state index in [0.29, 0.717) is 0 Å². The number of hydrogen-bond donors (Lipinski definition) is 0. The van der Waals surface area contributed by atoms with Crippen molar-refractivity contribution < 1.29 is 0 Å². The van der Waals surface area contributed by atoms with Crippen molar-refractivity contribution in [2.45, 2.75) is 24.7 Å². The highest BCUT2D eigenvalue weighted by Gasteiger charge is 2.53. The van der Waals surface area contributed by atoms with Crippen LogP contribution in [0.1, 0.15) is 47.2 Å². The summed E-state index contributed by atoms with van der Waals surface area (Å²) < 4.78 is 2.71. The van der Waals surface area contributed by atoms with Crippen LogP contribution in [0.2, 0.25) is 0 Å². The Kier molecular flexibility index (Phi) is 7.89. The summed E-state index contributed by atoms with van der Waals surface area (Å²) in [4.78, 5) is 2.46. The van der Waals surface area contributed by atoms with Crippen molar-refractivity contribution in [3.63, 3.8) is 0 Å². The van der Waals surface area contributed by atoms with Crippen molar-refractivity contribution >= 4 is 48.6 Å². The molecule has 14 rings (SSSR count). The fourth-order valence-electron chi connectivity index (χ4n) is 12.2. The van der Waals surface area contributed by atoms with E-state index in [1.807, 2.05) is 11.3 Å². The molecule has 11 aromatic rings. The van der Waals surface area contributed by atoms with Gasteiger partial charge < -0.3 is 4.90 Å². The number of anilines is 3. The molecule has 3 aliphatic rings. The zero-order chi connectivity index (χ0) is 43.7. The molecule has 0 saturated carbocycles. The van der Waals surface area contributed by atoms with Crippen LogP contribution in [0, 0.1) is 0 Å². The quantitative estimate of drug-likeness (QED) is 0.167. The molecule has 10 aromatic carbocycles. The van der Waals surface area contributed by atoms with Gasteiger partial charge in [-0.1, -0.05) is 196 Å². The first-order valence-electron chi connectivity index (χ1n) is 23.1. The van der Waals surface area contributed by atoms with Crippen molar-refractivity contribution in [3.05, 3.63) is 258 Å². The maximum atomic E-state index is 2.46. The molecule has 2 heteroatoms. The summed E-state index contributed by atoms with van der Waals surface area (Å²) in [6.07, 6.45) is 0. The fraction of sp³-hybridized carbons (Fsp3) is 0.0625. The van der Waals surface area contributed by atoms with Crippen LogP contribution >= 0.6 is 11.3 Å². The molecule has 0 bridgehead atoms. The maximum Gasteiger partial charge on any atom is 0.0732 e. The number of thiophene rings is 1. The Morgan fingerprint density at radius 2 is 0.924 bits per heavy atom. The van der Waals surface area contributed by atoms with Gasteiger partial charge in [0.2, 0.25) is 0 Å². The molecule has 1 unspecified atom stereocenters. The zero-order valence-electron chi connectivity index (χ0n) is 36.7. The van der Waals surface area contributed by atoms with E-state index in [0.717, 1.165) is 17.1 Å². The van der Waals surface area contributed by atoms with Crippen LogP contribution in [0.25, 0.3) is 75.8 Å². The van der Waals surface area contributed by atoms with Gasteiger partial charge in [0, 0.05) is 48.2 Å². The molecule has 0 radical (unpaired) electrons. The summed E-state index contributed by atoms with van der Waals surface area (Å²) in [6, 6.07) is 84.3. The number of benzene rings is 10. The minimum absolute atomic E-state index is 0.129. The Balaban J connectivity index is 0.990. The van der Waals surface area contributed by atoms with E-state index in [1.54, 1.807) is 0 Å². The largest absolute Gasteiger partial charge is 0.310 e. The highest BCUT2D eigenvalue weighted by Crippen LogP contribution is 2.66. The lowest BCUT2D eigenvalue weighted by atomic mass is 9.68. The molecule has 66 heavy (non-hydrogen) atoms. The Labute approximate surface area is 389 Å². The molecular formula is C64H43NS. The summed E-state index contributed by atoms with van der Waals surface area (Å²) in [5.41, 5.74) is 23.8. The fourth-order valence-corrected chi connectivity index (χ4v) is 13.5. The van der Waals surface area contributed by atoms with E-state index in [4.69, 9.17) is 0 Å². The van der Waals surface area contributed by atoms with Crippen LogP contribution in [-0.4, -0.2) is 0 Å². The number of fused-ring (bicyclic) bond motifs is 17. The van der Waals surface area contributed by atoms with Gasteiger partial charge in [-0.3, -0.25) is 0 Å². The number of nitrogens with zero attached hydrogens (tertiary/aromatic N) is 1. The van der Waals surface area contributed by atoms with Crippen molar-refractivity contribution in [2.24, 2.45) is 0 Å². The lowest BCUT2D eigenvalue weighted by Crippen LogP contribution is -2.26. The first-order chi connectivity index (χ1) is 32.5. The van der Waals surface area contributed by atoms with Crippen molar-refractivity contribution in [1.82, 2.24) is 0 Å². The van der Waals surface area contributed by atoms with Crippen LogP contribution in [0.3, 0.4) is 0 Å². The molecule has 1 heterocycles. The molecular weight excluding hydrogens is 815 g/mol. The van der Waals surface area contributed by atoms with Gasteiger partial charge in [0.1, 0.15) is 0 Å². The third-order valence-corrected chi connectivity index (χ3v) is 16.3. The predicted molar refractivity (Wildman–Crippen MR) is 279 cm³/mol. The van der Waals surface area contributed by atoms with Crippen LogP contribution in [0.15, 0.2) is 224 Å². The number of hydrogen-bond acceptors (Lipinski definition) is 2. The Morgan fingerprint density at radius 1 is 0.348 bits per heavy atom. The molecule has 0 amide bonds. The van der Waals surface area contributed by atoms with Gasteiger partial charge >= 0.3 is 0 Å². The Morgan fingerprint density at radius 3 is 1.74 bits per heavy atom. The van der Waals surface area contributed by atoms with Gasteiger partial charge in [-0.15, -0.1) is 11.3 Å². The van der Waals surface area contributed by atoms with E-state index < -0.39 is 5.41 Å². The molecule has 0 N–H and O–H groups in total. The molecule has 3 aliphatic carbocycles. The van der Waals surface area contributed by atoms with Crippen LogP contribution in [0.4, 0.5) is 17.1 Å². The van der Waals surface area contributed by atoms with Crippen LogP contribution in [-0.2, 0) is 10.8 Å². The lowest BCUT2D eigenvalue weighted by molar-refractivity contribution is 0.660. The minimum atomic E-state index is -0.498. The molecule has 0 aliphatic heterocycles. The van der Waals surface area contributed by atoms with E-state index in [-0.39, 0.29) is 5.41 Å². The smallest absolute Gasteiger partial charge is 0.0732 e. The third-order valence-electron chi connectivity index (χ3n) is 15.1. The van der Waals surface area contributed by atoms with E-state index in [1.165, 1.54) is 109 Å². The summed E-state index contributed by atoms with van der Waals surface area (Å²) in [7, 11) is 0. The molecule has 310 valence electrons. The summed E-state index contributed by atoms with van der Waals surface area (Å²) in [6.45, 7) is 4.74. The lowest BCUT2D eigenvalue weighted by Gasteiger charge is -2.32. The van der Waals surface area contributed by atoms with E-state index >= 15 is 0 Å². The second-order valence-electron chi connectivity index (χ2n) is 18.7. The van der Waals surface area contributed by atoms with Gasteiger partial charge in [-0.05, 0) is 126 Å². The zero-order valence-corrected chi connectivity index (χ0v) is 37.5.